The number of ether oxygens (including phenoxy) is 1. The SMILES string of the molecule is CCCOc1ccc(CNC(=O)CN2CCCC2C(C)(C)O)cc1. The summed E-state index contributed by atoms with van der Waals surface area (Å²) in [4.78, 5) is 14.3. The van der Waals surface area contributed by atoms with Gasteiger partial charge in [-0.25, -0.2) is 0 Å². The standard InChI is InChI=1S/C19H30N2O3/c1-4-12-24-16-9-7-15(8-10-16)13-20-18(22)14-21-11-5-6-17(21)19(2,3)23/h7-10,17,23H,4-6,11-14H2,1-3H3,(H,20,22). The fourth-order valence-corrected chi connectivity index (χ4v) is 3.18. The fraction of sp³-hybridized carbons (Fsp3) is 0.632. The summed E-state index contributed by atoms with van der Waals surface area (Å²) in [7, 11) is 0. The van der Waals surface area contributed by atoms with E-state index < -0.39 is 5.60 Å². The van der Waals surface area contributed by atoms with Crippen LogP contribution in [0.5, 0.6) is 5.75 Å². The van der Waals surface area contributed by atoms with Crippen LogP contribution in [0.4, 0.5) is 0 Å². The van der Waals surface area contributed by atoms with Gasteiger partial charge < -0.3 is 15.2 Å². The number of nitrogens with zero attached hydrogens (tertiary/aromatic N) is 1. The highest BCUT2D eigenvalue weighted by atomic mass is 16.5. The molecule has 1 amide bonds. The third-order valence-electron chi connectivity index (χ3n) is 4.41. The van der Waals surface area contributed by atoms with E-state index in [4.69, 9.17) is 4.74 Å². The van der Waals surface area contributed by atoms with Gasteiger partial charge >= 0.3 is 0 Å². The summed E-state index contributed by atoms with van der Waals surface area (Å²) in [5.41, 5.74) is 0.276. The summed E-state index contributed by atoms with van der Waals surface area (Å²) in [6, 6.07) is 7.86. The number of rotatable bonds is 8. The number of carbonyl (C=O) groups excluding carboxylic acids is 1. The smallest absolute Gasteiger partial charge is 0.234 e. The lowest BCUT2D eigenvalue weighted by molar-refractivity contribution is -0.123. The Hall–Kier alpha value is -1.59. The molecule has 2 rings (SSSR count). The Morgan fingerprint density at radius 3 is 2.71 bits per heavy atom. The summed E-state index contributed by atoms with van der Waals surface area (Å²) >= 11 is 0. The van der Waals surface area contributed by atoms with Crippen LogP contribution >= 0.6 is 0 Å². The Balaban J connectivity index is 1.78. The number of hydrogen-bond donors (Lipinski definition) is 2. The number of amides is 1. The van der Waals surface area contributed by atoms with E-state index in [0.717, 1.165) is 37.1 Å². The van der Waals surface area contributed by atoms with Crippen LogP contribution in [0.2, 0.25) is 0 Å². The molecule has 1 aliphatic heterocycles. The van der Waals surface area contributed by atoms with Crippen LogP contribution in [0.1, 0.15) is 45.6 Å². The Morgan fingerprint density at radius 1 is 1.38 bits per heavy atom. The average Bonchev–Trinajstić information content (AvgIpc) is 3.00. The van der Waals surface area contributed by atoms with Crippen molar-refractivity contribution in [2.24, 2.45) is 0 Å². The summed E-state index contributed by atoms with van der Waals surface area (Å²) in [6.07, 6.45) is 2.96. The van der Waals surface area contributed by atoms with Gasteiger partial charge in [-0.2, -0.15) is 0 Å². The first-order chi connectivity index (χ1) is 11.4. The molecular weight excluding hydrogens is 304 g/mol. The molecule has 1 aromatic rings. The summed E-state index contributed by atoms with van der Waals surface area (Å²) in [5.74, 6) is 0.856. The van der Waals surface area contributed by atoms with Gasteiger partial charge in [-0.05, 0) is 57.4 Å². The van der Waals surface area contributed by atoms with Gasteiger partial charge in [-0.3, -0.25) is 9.69 Å². The van der Waals surface area contributed by atoms with Crippen molar-refractivity contribution in [3.05, 3.63) is 29.8 Å². The zero-order valence-electron chi connectivity index (χ0n) is 15.0. The first kappa shape index (κ1) is 18.7. The Kier molecular flexibility index (Phi) is 6.63. The van der Waals surface area contributed by atoms with Gasteiger partial charge in [0.15, 0.2) is 0 Å². The summed E-state index contributed by atoms with van der Waals surface area (Å²) < 4.78 is 5.55. The van der Waals surface area contributed by atoms with Crippen molar-refractivity contribution in [2.75, 3.05) is 19.7 Å². The predicted molar refractivity (Wildman–Crippen MR) is 95.0 cm³/mol. The number of nitrogens with one attached hydrogen (secondary N) is 1. The number of hydrogen-bond acceptors (Lipinski definition) is 4. The molecule has 2 N–H and O–H groups in total. The third kappa shape index (κ3) is 5.49. The second kappa shape index (κ2) is 8.49. The Labute approximate surface area is 145 Å². The number of likely N-dealkylation sites (tertiary alicyclic amines) is 1. The van der Waals surface area contributed by atoms with E-state index >= 15 is 0 Å². The van der Waals surface area contributed by atoms with Gasteiger partial charge in [0, 0.05) is 12.6 Å². The highest BCUT2D eigenvalue weighted by molar-refractivity contribution is 5.78. The van der Waals surface area contributed by atoms with Gasteiger partial charge in [0.1, 0.15) is 5.75 Å². The fourth-order valence-electron chi connectivity index (χ4n) is 3.18. The highest BCUT2D eigenvalue weighted by Crippen LogP contribution is 2.26. The van der Waals surface area contributed by atoms with Crippen LogP contribution in [0, 0.1) is 0 Å². The molecule has 1 saturated heterocycles. The zero-order valence-corrected chi connectivity index (χ0v) is 15.0. The molecule has 1 atom stereocenters. The van der Waals surface area contributed by atoms with Crippen molar-refractivity contribution in [2.45, 2.75) is 58.2 Å². The second-order valence-electron chi connectivity index (χ2n) is 7.05. The quantitative estimate of drug-likeness (QED) is 0.766. The van der Waals surface area contributed by atoms with Gasteiger partial charge in [0.05, 0.1) is 18.8 Å². The second-order valence-corrected chi connectivity index (χ2v) is 7.05. The topological polar surface area (TPSA) is 61.8 Å². The van der Waals surface area contributed by atoms with E-state index in [1.165, 1.54) is 0 Å². The van der Waals surface area contributed by atoms with Gasteiger partial charge in [-0.1, -0.05) is 19.1 Å². The van der Waals surface area contributed by atoms with E-state index in [0.29, 0.717) is 19.7 Å². The maximum Gasteiger partial charge on any atom is 0.234 e. The molecule has 0 bridgehead atoms. The third-order valence-corrected chi connectivity index (χ3v) is 4.41. The summed E-state index contributed by atoms with van der Waals surface area (Å²) in [5, 5.41) is 13.2. The first-order valence-corrected chi connectivity index (χ1v) is 8.85. The predicted octanol–water partition coefficient (Wildman–Crippen LogP) is 2.33. The molecule has 0 radical (unpaired) electrons. The van der Waals surface area contributed by atoms with Crippen molar-refractivity contribution in [1.82, 2.24) is 10.2 Å². The molecule has 1 unspecified atom stereocenters. The number of carbonyl (C=O) groups is 1. The van der Waals surface area contributed by atoms with Gasteiger partial charge in [0.2, 0.25) is 5.91 Å². The molecule has 5 heteroatoms. The molecule has 1 aromatic carbocycles. The lowest BCUT2D eigenvalue weighted by atomic mass is 9.97. The lowest BCUT2D eigenvalue weighted by Crippen LogP contribution is -2.48. The van der Waals surface area contributed by atoms with Crippen molar-refractivity contribution in [3.63, 3.8) is 0 Å². The monoisotopic (exact) mass is 334 g/mol. The van der Waals surface area contributed by atoms with Crippen LogP contribution < -0.4 is 10.1 Å². The van der Waals surface area contributed by atoms with E-state index in [1.54, 1.807) is 0 Å². The minimum Gasteiger partial charge on any atom is -0.494 e. The minimum atomic E-state index is -0.773. The van der Waals surface area contributed by atoms with Crippen molar-refractivity contribution in [3.8, 4) is 5.75 Å². The maximum absolute atomic E-state index is 12.2. The molecular formula is C19H30N2O3. The van der Waals surface area contributed by atoms with Gasteiger partial charge in [-0.15, -0.1) is 0 Å². The molecule has 0 saturated carbocycles. The molecule has 0 spiro atoms. The van der Waals surface area contributed by atoms with Crippen LogP contribution in [-0.4, -0.2) is 47.3 Å². The number of aliphatic hydroxyl groups is 1. The van der Waals surface area contributed by atoms with Crippen LogP contribution in [0.3, 0.4) is 0 Å². The minimum absolute atomic E-state index is 0.00235. The molecule has 1 aliphatic rings. The molecule has 134 valence electrons. The van der Waals surface area contributed by atoms with E-state index in [2.05, 4.69) is 17.1 Å². The van der Waals surface area contributed by atoms with E-state index in [-0.39, 0.29) is 11.9 Å². The average molecular weight is 334 g/mol. The summed E-state index contributed by atoms with van der Waals surface area (Å²) in [6.45, 7) is 8.14. The zero-order chi connectivity index (χ0) is 17.6. The van der Waals surface area contributed by atoms with Crippen LogP contribution in [0.25, 0.3) is 0 Å². The Bertz CT molecular complexity index is 522. The molecule has 24 heavy (non-hydrogen) atoms. The van der Waals surface area contributed by atoms with E-state index in [1.807, 2.05) is 38.1 Å². The van der Waals surface area contributed by atoms with Crippen molar-refractivity contribution < 1.29 is 14.6 Å². The number of benzene rings is 1. The van der Waals surface area contributed by atoms with Crippen LogP contribution in [-0.2, 0) is 11.3 Å². The first-order valence-electron chi connectivity index (χ1n) is 8.85. The van der Waals surface area contributed by atoms with Crippen molar-refractivity contribution >= 4 is 5.91 Å². The maximum atomic E-state index is 12.2. The highest BCUT2D eigenvalue weighted by Gasteiger charge is 2.36. The molecule has 5 nitrogen and oxygen atoms in total. The van der Waals surface area contributed by atoms with Crippen molar-refractivity contribution in [1.29, 1.82) is 0 Å². The normalized spacial score (nSPS) is 18.6. The van der Waals surface area contributed by atoms with Gasteiger partial charge in [0.25, 0.3) is 0 Å². The van der Waals surface area contributed by atoms with E-state index in [9.17, 15) is 9.90 Å². The largest absolute Gasteiger partial charge is 0.494 e. The molecule has 0 aromatic heterocycles. The molecule has 1 fully saturated rings. The van der Waals surface area contributed by atoms with Crippen LogP contribution in [0.15, 0.2) is 24.3 Å². The Morgan fingerprint density at radius 2 is 2.08 bits per heavy atom. The molecule has 1 heterocycles. The molecule has 0 aliphatic carbocycles. The lowest BCUT2D eigenvalue weighted by Gasteiger charge is -2.33.